The van der Waals surface area contributed by atoms with E-state index < -0.39 is 23.7 Å². The SMILES string of the molecule is CC(C)(C)OC(=O)NC1CCN([C@@H](C(=O)O)c2ccncc2)CC1. The van der Waals surface area contributed by atoms with Crippen LogP contribution in [0, 0.1) is 0 Å². The van der Waals surface area contributed by atoms with E-state index in [0.717, 1.165) is 5.56 Å². The Labute approximate surface area is 142 Å². The Morgan fingerprint density at radius 2 is 1.88 bits per heavy atom. The van der Waals surface area contributed by atoms with Crippen LogP contribution in [0.1, 0.15) is 45.2 Å². The number of hydrogen-bond acceptors (Lipinski definition) is 5. The van der Waals surface area contributed by atoms with Crippen LogP contribution in [0.5, 0.6) is 0 Å². The van der Waals surface area contributed by atoms with Gasteiger partial charge >= 0.3 is 12.1 Å². The average molecular weight is 335 g/mol. The summed E-state index contributed by atoms with van der Waals surface area (Å²) in [4.78, 5) is 29.3. The zero-order chi connectivity index (χ0) is 17.7. The number of carboxylic acid groups (broad SMARTS) is 1. The number of rotatable bonds is 4. The number of carbonyl (C=O) groups is 2. The normalized spacial score (nSPS) is 18.0. The number of piperidine rings is 1. The minimum absolute atomic E-state index is 0.00276. The largest absolute Gasteiger partial charge is 0.480 e. The molecule has 7 nitrogen and oxygen atoms in total. The Hall–Kier alpha value is -2.15. The van der Waals surface area contributed by atoms with Crippen LogP contribution in [0.3, 0.4) is 0 Å². The number of nitrogens with one attached hydrogen (secondary N) is 1. The van der Waals surface area contributed by atoms with Crippen LogP contribution in [0.4, 0.5) is 4.79 Å². The van der Waals surface area contributed by atoms with E-state index in [0.29, 0.717) is 25.9 Å². The molecule has 2 heterocycles. The van der Waals surface area contributed by atoms with E-state index in [-0.39, 0.29) is 6.04 Å². The molecule has 1 aliphatic rings. The predicted molar refractivity (Wildman–Crippen MR) is 88.6 cm³/mol. The molecule has 0 spiro atoms. The maximum absolute atomic E-state index is 11.8. The van der Waals surface area contributed by atoms with Crippen LogP contribution in [0.2, 0.25) is 0 Å². The quantitative estimate of drug-likeness (QED) is 0.876. The summed E-state index contributed by atoms with van der Waals surface area (Å²) >= 11 is 0. The first-order valence-corrected chi connectivity index (χ1v) is 8.12. The molecule has 1 saturated heterocycles. The van der Waals surface area contributed by atoms with Crippen molar-refractivity contribution >= 4 is 12.1 Å². The van der Waals surface area contributed by atoms with Gasteiger partial charge in [0.25, 0.3) is 0 Å². The van der Waals surface area contributed by atoms with Gasteiger partial charge < -0.3 is 15.2 Å². The third-order valence-corrected chi connectivity index (χ3v) is 3.87. The molecule has 0 aliphatic carbocycles. The molecular weight excluding hydrogens is 310 g/mol. The second-order valence-corrected chi connectivity index (χ2v) is 6.98. The molecule has 0 bridgehead atoms. The first-order chi connectivity index (χ1) is 11.3. The van der Waals surface area contributed by atoms with Gasteiger partial charge in [-0.1, -0.05) is 0 Å². The van der Waals surface area contributed by atoms with E-state index in [1.165, 1.54) is 0 Å². The van der Waals surface area contributed by atoms with Gasteiger partial charge in [-0.2, -0.15) is 0 Å². The number of aromatic nitrogens is 1. The molecule has 1 amide bonds. The smallest absolute Gasteiger partial charge is 0.407 e. The first-order valence-electron chi connectivity index (χ1n) is 8.12. The standard InChI is InChI=1S/C17H25N3O4/c1-17(2,3)24-16(23)19-13-6-10-20(11-7-13)14(15(21)22)12-4-8-18-9-5-12/h4-5,8-9,13-14H,6-7,10-11H2,1-3H3,(H,19,23)(H,21,22)/t14-/m1/s1. The third-order valence-electron chi connectivity index (χ3n) is 3.87. The van der Waals surface area contributed by atoms with Crippen molar-refractivity contribution < 1.29 is 19.4 Å². The number of ether oxygens (including phenoxy) is 1. The summed E-state index contributed by atoms with van der Waals surface area (Å²) in [7, 11) is 0. The van der Waals surface area contributed by atoms with Crippen molar-refractivity contribution in [1.82, 2.24) is 15.2 Å². The Morgan fingerprint density at radius 1 is 1.29 bits per heavy atom. The van der Waals surface area contributed by atoms with Crippen molar-refractivity contribution in [1.29, 1.82) is 0 Å². The van der Waals surface area contributed by atoms with Gasteiger partial charge in [0, 0.05) is 31.5 Å². The Bertz CT molecular complexity index is 563. The fourth-order valence-electron chi connectivity index (χ4n) is 2.83. The molecule has 1 aromatic rings. The van der Waals surface area contributed by atoms with Crippen LogP contribution >= 0.6 is 0 Å². The molecule has 0 radical (unpaired) electrons. The molecule has 7 heteroatoms. The molecule has 24 heavy (non-hydrogen) atoms. The molecule has 1 aliphatic heterocycles. The highest BCUT2D eigenvalue weighted by Gasteiger charge is 2.31. The van der Waals surface area contributed by atoms with Gasteiger partial charge in [-0.25, -0.2) is 4.79 Å². The van der Waals surface area contributed by atoms with Crippen molar-refractivity contribution in [2.24, 2.45) is 0 Å². The van der Waals surface area contributed by atoms with E-state index in [1.807, 2.05) is 25.7 Å². The van der Waals surface area contributed by atoms with Crippen LogP contribution in [-0.4, -0.2) is 51.8 Å². The zero-order valence-corrected chi connectivity index (χ0v) is 14.4. The minimum Gasteiger partial charge on any atom is -0.480 e. The summed E-state index contributed by atoms with van der Waals surface area (Å²) in [6.07, 6.45) is 4.15. The van der Waals surface area contributed by atoms with Crippen molar-refractivity contribution in [2.75, 3.05) is 13.1 Å². The van der Waals surface area contributed by atoms with Gasteiger partial charge in [0.15, 0.2) is 0 Å². The number of carboxylic acids is 1. The highest BCUT2D eigenvalue weighted by atomic mass is 16.6. The Morgan fingerprint density at radius 3 is 2.38 bits per heavy atom. The summed E-state index contributed by atoms with van der Waals surface area (Å²) in [6, 6.07) is 2.77. The number of nitrogens with zero attached hydrogens (tertiary/aromatic N) is 2. The number of pyridine rings is 1. The molecule has 1 fully saturated rings. The van der Waals surface area contributed by atoms with E-state index in [1.54, 1.807) is 24.5 Å². The molecule has 1 aromatic heterocycles. The van der Waals surface area contributed by atoms with Crippen LogP contribution in [0.15, 0.2) is 24.5 Å². The fraction of sp³-hybridized carbons (Fsp3) is 0.588. The molecule has 0 saturated carbocycles. The molecule has 1 atom stereocenters. The molecule has 0 aromatic carbocycles. The van der Waals surface area contributed by atoms with E-state index in [4.69, 9.17) is 4.74 Å². The number of aliphatic carboxylic acids is 1. The van der Waals surface area contributed by atoms with Gasteiger partial charge in [-0.3, -0.25) is 14.7 Å². The van der Waals surface area contributed by atoms with Crippen LogP contribution in [0.25, 0.3) is 0 Å². The van der Waals surface area contributed by atoms with Crippen molar-refractivity contribution in [3.05, 3.63) is 30.1 Å². The maximum atomic E-state index is 11.8. The average Bonchev–Trinajstić information content (AvgIpc) is 2.48. The Kier molecular flexibility index (Phi) is 5.77. The van der Waals surface area contributed by atoms with Gasteiger partial charge in [-0.15, -0.1) is 0 Å². The maximum Gasteiger partial charge on any atom is 0.407 e. The predicted octanol–water partition coefficient (Wildman–Crippen LogP) is 2.20. The van der Waals surface area contributed by atoms with Gasteiger partial charge in [0.1, 0.15) is 11.6 Å². The number of hydrogen-bond donors (Lipinski definition) is 2. The monoisotopic (exact) mass is 335 g/mol. The van der Waals surface area contributed by atoms with E-state index in [2.05, 4.69) is 10.3 Å². The summed E-state index contributed by atoms with van der Waals surface area (Å²) in [6.45, 7) is 6.66. The Balaban J connectivity index is 1.91. The second kappa shape index (κ2) is 7.61. The van der Waals surface area contributed by atoms with Crippen molar-refractivity contribution in [3.63, 3.8) is 0 Å². The van der Waals surface area contributed by atoms with E-state index in [9.17, 15) is 14.7 Å². The van der Waals surface area contributed by atoms with Crippen LogP contribution in [-0.2, 0) is 9.53 Å². The number of carbonyl (C=O) groups excluding carboxylic acids is 1. The lowest BCUT2D eigenvalue weighted by Crippen LogP contribution is -2.48. The lowest BCUT2D eigenvalue weighted by Gasteiger charge is -2.36. The lowest BCUT2D eigenvalue weighted by molar-refractivity contribution is -0.144. The number of amides is 1. The van der Waals surface area contributed by atoms with Crippen LogP contribution < -0.4 is 5.32 Å². The second-order valence-electron chi connectivity index (χ2n) is 6.98. The summed E-state index contributed by atoms with van der Waals surface area (Å²) < 4.78 is 5.26. The summed E-state index contributed by atoms with van der Waals surface area (Å²) in [5.74, 6) is -0.875. The number of alkyl carbamates (subject to hydrolysis) is 1. The van der Waals surface area contributed by atoms with E-state index >= 15 is 0 Å². The fourth-order valence-corrected chi connectivity index (χ4v) is 2.83. The summed E-state index contributed by atoms with van der Waals surface area (Å²) in [5.41, 5.74) is 0.191. The molecular formula is C17H25N3O4. The van der Waals surface area contributed by atoms with Gasteiger partial charge in [0.2, 0.25) is 0 Å². The van der Waals surface area contributed by atoms with Gasteiger partial charge in [-0.05, 0) is 51.3 Å². The third kappa shape index (κ3) is 5.19. The first kappa shape index (κ1) is 18.2. The molecule has 0 unspecified atom stereocenters. The number of likely N-dealkylation sites (tertiary alicyclic amines) is 1. The lowest BCUT2D eigenvalue weighted by atomic mass is 10.00. The van der Waals surface area contributed by atoms with Crippen molar-refractivity contribution in [2.45, 2.75) is 51.3 Å². The highest BCUT2D eigenvalue weighted by Crippen LogP contribution is 2.25. The minimum atomic E-state index is -0.875. The highest BCUT2D eigenvalue weighted by molar-refractivity contribution is 5.75. The molecule has 2 rings (SSSR count). The zero-order valence-electron chi connectivity index (χ0n) is 14.4. The van der Waals surface area contributed by atoms with Crippen molar-refractivity contribution in [3.8, 4) is 0 Å². The summed E-state index contributed by atoms with van der Waals surface area (Å²) in [5, 5.41) is 12.4. The molecule has 2 N–H and O–H groups in total. The van der Waals surface area contributed by atoms with Gasteiger partial charge in [0.05, 0.1) is 0 Å². The topological polar surface area (TPSA) is 91.8 Å². The molecule has 132 valence electrons.